The van der Waals surface area contributed by atoms with E-state index in [0.29, 0.717) is 6.04 Å². The average molecular weight is 279 g/mol. The predicted molar refractivity (Wildman–Crippen MR) is 71.5 cm³/mol. The molecular formula is C13H15BrN2. The summed E-state index contributed by atoms with van der Waals surface area (Å²) in [7, 11) is 1.97. The van der Waals surface area contributed by atoms with E-state index in [-0.39, 0.29) is 0 Å². The van der Waals surface area contributed by atoms with Crippen molar-refractivity contribution in [2.45, 2.75) is 19.4 Å². The zero-order valence-electron chi connectivity index (χ0n) is 9.50. The smallest absolute Gasteiger partial charge is 0.0722 e. The van der Waals surface area contributed by atoms with Crippen molar-refractivity contribution in [1.82, 2.24) is 10.3 Å². The van der Waals surface area contributed by atoms with E-state index >= 15 is 0 Å². The Kier molecular flexibility index (Phi) is 3.56. The first-order chi connectivity index (χ1) is 7.76. The van der Waals surface area contributed by atoms with Crippen LogP contribution in [0.4, 0.5) is 0 Å². The zero-order chi connectivity index (χ0) is 11.5. The van der Waals surface area contributed by atoms with Gasteiger partial charge in [0.2, 0.25) is 0 Å². The summed E-state index contributed by atoms with van der Waals surface area (Å²) in [6, 6.07) is 10.6. The van der Waals surface area contributed by atoms with Gasteiger partial charge in [0.15, 0.2) is 0 Å². The number of hydrogen-bond acceptors (Lipinski definition) is 2. The van der Waals surface area contributed by atoms with Gasteiger partial charge in [0.1, 0.15) is 0 Å². The molecule has 1 atom stereocenters. The molecule has 0 saturated heterocycles. The maximum atomic E-state index is 4.71. The summed E-state index contributed by atoms with van der Waals surface area (Å²) in [5.74, 6) is 0. The standard InChI is InChI=1S/C13H15BrN2/c1-3-11(15-2)13-10(14)8-9-6-4-5-7-12(9)16-13/h4-8,11,15H,3H2,1-2H3. The number of benzene rings is 1. The predicted octanol–water partition coefficient (Wildman–Crippen LogP) is 3.67. The molecule has 3 heteroatoms. The molecule has 0 fully saturated rings. The Morgan fingerprint density at radius 3 is 2.81 bits per heavy atom. The van der Waals surface area contributed by atoms with Crippen LogP contribution in [0.5, 0.6) is 0 Å². The summed E-state index contributed by atoms with van der Waals surface area (Å²) in [6.07, 6.45) is 1.03. The summed E-state index contributed by atoms with van der Waals surface area (Å²) >= 11 is 3.60. The molecule has 1 unspecified atom stereocenters. The van der Waals surface area contributed by atoms with E-state index in [1.165, 1.54) is 5.39 Å². The first-order valence-electron chi connectivity index (χ1n) is 5.48. The highest BCUT2D eigenvalue weighted by molar-refractivity contribution is 9.10. The number of halogens is 1. The monoisotopic (exact) mass is 278 g/mol. The normalized spacial score (nSPS) is 12.9. The third-order valence-corrected chi connectivity index (χ3v) is 3.43. The highest BCUT2D eigenvalue weighted by atomic mass is 79.9. The highest BCUT2D eigenvalue weighted by Gasteiger charge is 2.12. The van der Waals surface area contributed by atoms with Gasteiger partial charge in [0, 0.05) is 9.86 Å². The second-order valence-electron chi connectivity index (χ2n) is 3.80. The van der Waals surface area contributed by atoms with E-state index in [1.807, 2.05) is 25.2 Å². The van der Waals surface area contributed by atoms with E-state index in [1.54, 1.807) is 0 Å². The molecule has 0 bridgehead atoms. The van der Waals surface area contributed by atoms with Crippen LogP contribution in [0.25, 0.3) is 10.9 Å². The Morgan fingerprint density at radius 2 is 2.12 bits per heavy atom. The van der Waals surface area contributed by atoms with Crippen molar-refractivity contribution in [1.29, 1.82) is 0 Å². The molecule has 2 aromatic rings. The highest BCUT2D eigenvalue weighted by Crippen LogP contribution is 2.27. The number of para-hydroxylation sites is 1. The minimum atomic E-state index is 0.305. The minimum absolute atomic E-state index is 0.305. The Morgan fingerprint density at radius 1 is 1.38 bits per heavy atom. The lowest BCUT2D eigenvalue weighted by molar-refractivity contribution is 0.561. The minimum Gasteiger partial charge on any atom is -0.312 e. The number of fused-ring (bicyclic) bond motifs is 1. The molecule has 0 aliphatic rings. The van der Waals surface area contributed by atoms with Crippen LogP contribution in [0, 0.1) is 0 Å². The molecule has 1 aromatic carbocycles. The molecule has 0 amide bonds. The van der Waals surface area contributed by atoms with Crippen LogP contribution in [-0.2, 0) is 0 Å². The average Bonchev–Trinajstić information content (AvgIpc) is 2.31. The molecule has 16 heavy (non-hydrogen) atoms. The Bertz CT molecular complexity index is 492. The molecule has 0 aliphatic heterocycles. The van der Waals surface area contributed by atoms with Gasteiger partial charge < -0.3 is 5.32 Å². The maximum absolute atomic E-state index is 4.71. The fourth-order valence-electron chi connectivity index (χ4n) is 1.88. The molecule has 84 valence electrons. The first kappa shape index (κ1) is 11.6. The molecular weight excluding hydrogens is 264 g/mol. The Hall–Kier alpha value is -0.930. The largest absolute Gasteiger partial charge is 0.312 e. The van der Waals surface area contributed by atoms with Gasteiger partial charge in [-0.2, -0.15) is 0 Å². The number of aromatic nitrogens is 1. The molecule has 2 nitrogen and oxygen atoms in total. The van der Waals surface area contributed by atoms with Gasteiger partial charge in [-0.25, -0.2) is 4.98 Å². The van der Waals surface area contributed by atoms with E-state index in [9.17, 15) is 0 Å². The molecule has 0 aliphatic carbocycles. The molecule has 0 spiro atoms. The molecule has 0 radical (unpaired) electrons. The quantitative estimate of drug-likeness (QED) is 0.927. The van der Waals surface area contributed by atoms with Crippen LogP contribution >= 0.6 is 15.9 Å². The topological polar surface area (TPSA) is 24.9 Å². The molecule has 1 aromatic heterocycles. The van der Waals surface area contributed by atoms with Crippen LogP contribution in [0.1, 0.15) is 25.1 Å². The van der Waals surface area contributed by atoms with Crippen molar-refractivity contribution < 1.29 is 0 Å². The maximum Gasteiger partial charge on any atom is 0.0722 e. The van der Waals surface area contributed by atoms with Gasteiger partial charge in [-0.15, -0.1) is 0 Å². The summed E-state index contributed by atoms with van der Waals surface area (Å²) in [4.78, 5) is 4.71. The summed E-state index contributed by atoms with van der Waals surface area (Å²) < 4.78 is 1.08. The van der Waals surface area contributed by atoms with Crippen LogP contribution < -0.4 is 5.32 Å². The summed E-state index contributed by atoms with van der Waals surface area (Å²) in [5, 5.41) is 4.45. The van der Waals surface area contributed by atoms with Gasteiger partial charge >= 0.3 is 0 Å². The van der Waals surface area contributed by atoms with Gasteiger partial charge in [0.05, 0.1) is 17.3 Å². The summed E-state index contributed by atoms with van der Waals surface area (Å²) in [5.41, 5.74) is 2.14. The second kappa shape index (κ2) is 4.93. The van der Waals surface area contributed by atoms with Gasteiger partial charge in [0.25, 0.3) is 0 Å². The number of hydrogen-bond donors (Lipinski definition) is 1. The number of nitrogens with zero attached hydrogens (tertiary/aromatic N) is 1. The van der Waals surface area contributed by atoms with E-state index < -0.39 is 0 Å². The summed E-state index contributed by atoms with van der Waals surface area (Å²) in [6.45, 7) is 2.16. The van der Waals surface area contributed by atoms with Crippen LogP contribution in [0.2, 0.25) is 0 Å². The zero-order valence-corrected chi connectivity index (χ0v) is 11.1. The number of nitrogens with one attached hydrogen (secondary N) is 1. The van der Waals surface area contributed by atoms with Crippen LogP contribution in [0.3, 0.4) is 0 Å². The van der Waals surface area contributed by atoms with Gasteiger partial charge in [-0.05, 0) is 41.5 Å². The lowest BCUT2D eigenvalue weighted by atomic mass is 10.1. The van der Waals surface area contributed by atoms with Crippen molar-refractivity contribution in [2.75, 3.05) is 7.05 Å². The number of pyridine rings is 1. The first-order valence-corrected chi connectivity index (χ1v) is 6.28. The Balaban J connectivity index is 2.57. The van der Waals surface area contributed by atoms with Gasteiger partial charge in [-0.3, -0.25) is 0 Å². The fraction of sp³-hybridized carbons (Fsp3) is 0.308. The molecule has 1 heterocycles. The van der Waals surface area contributed by atoms with E-state index in [4.69, 9.17) is 4.98 Å². The van der Waals surface area contributed by atoms with Crippen molar-refractivity contribution >= 4 is 26.8 Å². The fourth-order valence-corrected chi connectivity index (χ4v) is 2.50. The lowest BCUT2D eigenvalue weighted by Gasteiger charge is -2.15. The van der Waals surface area contributed by atoms with Crippen molar-refractivity contribution in [2.24, 2.45) is 0 Å². The molecule has 1 N–H and O–H groups in total. The SMILES string of the molecule is CCC(NC)c1nc2ccccc2cc1Br. The Labute approximate surface area is 104 Å². The molecule has 2 rings (SSSR count). The third-order valence-electron chi connectivity index (χ3n) is 2.79. The van der Waals surface area contributed by atoms with Crippen molar-refractivity contribution in [3.8, 4) is 0 Å². The number of rotatable bonds is 3. The third kappa shape index (κ3) is 2.11. The van der Waals surface area contributed by atoms with E-state index in [0.717, 1.165) is 22.1 Å². The van der Waals surface area contributed by atoms with Crippen molar-refractivity contribution in [3.05, 3.63) is 40.5 Å². The van der Waals surface area contributed by atoms with Gasteiger partial charge in [-0.1, -0.05) is 25.1 Å². The van der Waals surface area contributed by atoms with Crippen LogP contribution in [0.15, 0.2) is 34.8 Å². The van der Waals surface area contributed by atoms with Crippen LogP contribution in [-0.4, -0.2) is 12.0 Å². The lowest BCUT2D eigenvalue weighted by Crippen LogP contribution is -2.17. The van der Waals surface area contributed by atoms with E-state index in [2.05, 4.69) is 40.3 Å². The molecule has 0 saturated carbocycles. The van der Waals surface area contributed by atoms with Crippen molar-refractivity contribution in [3.63, 3.8) is 0 Å². The second-order valence-corrected chi connectivity index (χ2v) is 4.65.